The van der Waals surface area contributed by atoms with Gasteiger partial charge >= 0.3 is 5.97 Å². The largest absolute Gasteiger partial charge is 0.462 e. The number of aliphatic hydroxyl groups is 2. The molecule has 0 aromatic rings. The van der Waals surface area contributed by atoms with Crippen molar-refractivity contribution in [1.82, 2.24) is 5.32 Å². The van der Waals surface area contributed by atoms with Crippen LogP contribution in [0, 0.1) is 0 Å². The summed E-state index contributed by atoms with van der Waals surface area (Å²) in [7, 11) is 0. The summed E-state index contributed by atoms with van der Waals surface area (Å²) in [6.07, 6.45) is 53.0. The Labute approximate surface area is 375 Å². The van der Waals surface area contributed by atoms with Gasteiger partial charge < -0.3 is 20.3 Å². The second-order valence-corrected chi connectivity index (χ2v) is 19.0. The van der Waals surface area contributed by atoms with Crippen LogP contribution < -0.4 is 5.32 Å². The number of ether oxygens (including phenoxy) is 1. The van der Waals surface area contributed by atoms with Crippen molar-refractivity contribution in [2.24, 2.45) is 0 Å². The Balaban J connectivity index is 4.51. The van der Waals surface area contributed by atoms with Crippen molar-refractivity contribution in [3.63, 3.8) is 0 Å². The third-order valence-corrected chi connectivity index (χ3v) is 12.9. The van der Waals surface area contributed by atoms with Crippen LogP contribution in [0.15, 0.2) is 0 Å². The highest BCUT2D eigenvalue weighted by Gasteiger charge is 2.24. The van der Waals surface area contributed by atoms with Crippen molar-refractivity contribution < 1.29 is 24.5 Å². The first kappa shape index (κ1) is 58.9. The number of unbranched alkanes of at least 4 members (excludes halogenated alkanes) is 38. The van der Waals surface area contributed by atoms with E-state index in [0.717, 1.165) is 38.5 Å². The van der Waals surface area contributed by atoms with Crippen LogP contribution in [0.3, 0.4) is 0 Å². The van der Waals surface area contributed by atoms with Gasteiger partial charge in [0.05, 0.1) is 25.2 Å². The van der Waals surface area contributed by atoms with E-state index in [1.807, 2.05) is 0 Å². The second kappa shape index (κ2) is 48.9. The molecule has 6 nitrogen and oxygen atoms in total. The maximum absolute atomic E-state index is 13.2. The number of hydrogen-bond donors (Lipinski definition) is 3. The molecule has 0 aliphatic carbocycles. The van der Waals surface area contributed by atoms with Crippen LogP contribution in [0.4, 0.5) is 0 Å². The summed E-state index contributed by atoms with van der Waals surface area (Å²) in [4.78, 5) is 26.2. The zero-order valence-corrected chi connectivity index (χ0v) is 40.9. The molecular weight excluding hydrogens is 743 g/mol. The van der Waals surface area contributed by atoms with Gasteiger partial charge in [0.15, 0.2) is 0 Å². The van der Waals surface area contributed by atoms with Gasteiger partial charge in [0, 0.05) is 6.42 Å². The SMILES string of the molecule is CCCCCCCCCCCCCCCCCC(CC(=O)NC(CO)C(O)CCCCCCCCCCCCCCC)OC(=O)CCCCCCCCCCCCCCC. The van der Waals surface area contributed by atoms with Crippen LogP contribution in [0.1, 0.15) is 310 Å². The number of hydrogen-bond acceptors (Lipinski definition) is 5. The molecule has 0 bridgehead atoms. The van der Waals surface area contributed by atoms with E-state index in [9.17, 15) is 19.8 Å². The molecule has 0 radical (unpaired) electrons. The van der Waals surface area contributed by atoms with Crippen molar-refractivity contribution in [1.29, 1.82) is 0 Å². The molecule has 3 N–H and O–H groups in total. The average molecular weight is 850 g/mol. The summed E-state index contributed by atoms with van der Waals surface area (Å²) in [6.45, 7) is 6.52. The van der Waals surface area contributed by atoms with Gasteiger partial charge in [-0.3, -0.25) is 9.59 Å². The first-order chi connectivity index (χ1) is 29.5. The lowest BCUT2D eigenvalue weighted by molar-refractivity contribution is -0.151. The maximum atomic E-state index is 13.2. The van der Waals surface area contributed by atoms with Crippen molar-refractivity contribution >= 4 is 11.9 Å². The lowest BCUT2D eigenvalue weighted by Crippen LogP contribution is -2.46. The summed E-state index contributed by atoms with van der Waals surface area (Å²) in [5.41, 5.74) is 0. The standard InChI is InChI=1S/C54H107NO5/c1-4-7-10-13-16-19-22-25-26-29-30-33-36-39-42-45-50(60-54(59)47-44-41-38-35-32-28-24-21-18-15-12-9-6-3)48-53(58)55-51(49-56)52(57)46-43-40-37-34-31-27-23-20-17-14-11-8-5-2/h50-52,56-57H,4-49H2,1-3H3,(H,55,58). The van der Waals surface area contributed by atoms with Crippen LogP contribution in [-0.2, 0) is 14.3 Å². The number of carbonyl (C=O) groups is 2. The van der Waals surface area contributed by atoms with E-state index in [4.69, 9.17) is 4.74 Å². The van der Waals surface area contributed by atoms with Gasteiger partial charge in [-0.1, -0.05) is 271 Å². The van der Waals surface area contributed by atoms with Crippen LogP contribution in [-0.4, -0.2) is 46.9 Å². The van der Waals surface area contributed by atoms with Gasteiger partial charge in [0.25, 0.3) is 0 Å². The van der Waals surface area contributed by atoms with Crippen molar-refractivity contribution in [2.75, 3.05) is 6.61 Å². The van der Waals surface area contributed by atoms with E-state index >= 15 is 0 Å². The highest BCUT2D eigenvalue weighted by molar-refractivity contribution is 5.77. The van der Waals surface area contributed by atoms with Crippen LogP contribution in [0.5, 0.6) is 0 Å². The Hall–Kier alpha value is -1.14. The van der Waals surface area contributed by atoms with Crippen LogP contribution in [0.2, 0.25) is 0 Å². The number of amides is 1. The normalized spacial score (nSPS) is 13.1. The van der Waals surface area contributed by atoms with E-state index in [2.05, 4.69) is 26.1 Å². The molecule has 1 amide bonds. The Morgan fingerprint density at radius 3 is 1.02 bits per heavy atom. The van der Waals surface area contributed by atoms with Gasteiger partial charge in [-0.05, 0) is 25.7 Å². The third-order valence-electron chi connectivity index (χ3n) is 12.9. The summed E-state index contributed by atoms with van der Waals surface area (Å²) in [6, 6.07) is -0.692. The molecule has 358 valence electrons. The minimum absolute atomic E-state index is 0.0882. The fourth-order valence-electron chi connectivity index (χ4n) is 8.79. The van der Waals surface area contributed by atoms with Gasteiger partial charge in [0.1, 0.15) is 6.10 Å². The lowest BCUT2D eigenvalue weighted by Gasteiger charge is -2.24. The quantitative estimate of drug-likeness (QED) is 0.0419. The lowest BCUT2D eigenvalue weighted by atomic mass is 10.0. The van der Waals surface area contributed by atoms with E-state index in [1.54, 1.807) is 0 Å². The van der Waals surface area contributed by atoms with E-state index in [-0.39, 0.29) is 24.9 Å². The van der Waals surface area contributed by atoms with E-state index < -0.39 is 18.2 Å². The number of aliphatic hydroxyl groups excluding tert-OH is 2. The Morgan fingerprint density at radius 1 is 0.417 bits per heavy atom. The summed E-state index contributed by atoms with van der Waals surface area (Å²) in [5.74, 6) is -0.448. The Morgan fingerprint density at radius 2 is 0.700 bits per heavy atom. The summed E-state index contributed by atoms with van der Waals surface area (Å²) >= 11 is 0. The zero-order valence-electron chi connectivity index (χ0n) is 40.9. The predicted molar refractivity (Wildman–Crippen MR) is 260 cm³/mol. The molecule has 0 fully saturated rings. The molecule has 0 aromatic heterocycles. The van der Waals surface area contributed by atoms with Gasteiger partial charge in [0.2, 0.25) is 5.91 Å². The monoisotopic (exact) mass is 850 g/mol. The Bertz CT molecular complexity index is 867. The number of carbonyl (C=O) groups excluding carboxylic acids is 2. The molecule has 0 saturated carbocycles. The third kappa shape index (κ3) is 43.5. The first-order valence-corrected chi connectivity index (χ1v) is 27.3. The average Bonchev–Trinajstić information content (AvgIpc) is 3.24. The molecule has 0 saturated heterocycles. The number of nitrogens with one attached hydrogen (secondary N) is 1. The molecule has 6 heteroatoms. The van der Waals surface area contributed by atoms with Crippen molar-refractivity contribution in [2.45, 2.75) is 328 Å². The molecule has 0 aliphatic heterocycles. The molecule has 60 heavy (non-hydrogen) atoms. The topological polar surface area (TPSA) is 95.9 Å². The zero-order chi connectivity index (χ0) is 43.8. The number of rotatable bonds is 50. The molecule has 0 aliphatic rings. The van der Waals surface area contributed by atoms with Crippen molar-refractivity contribution in [3.8, 4) is 0 Å². The smallest absolute Gasteiger partial charge is 0.306 e. The summed E-state index contributed by atoms with van der Waals surface area (Å²) in [5, 5.41) is 23.8. The van der Waals surface area contributed by atoms with E-state index in [0.29, 0.717) is 19.3 Å². The molecule has 0 heterocycles. The highest BCUT2D eigenvalue weighted by atomic mass is 16.5. The van der Waals surface area contributed by atoms with Crippen LogP contribution >= 0.6 is 0 Å². The molecule has 0 aromatic carbocycles. The van der Waals surface area contributed by atoms with Gasteiger partial charge in [-0.2, -0.15) is 0 Å². The molecule has 0 rings (SSSR count). The minimum atomic E-state index is -0.779. The molecule has 0 spiro atoms. The predicted octanol–water partition coefficient (Wildman–Crippen LogP) is 16.4. The second-order valence-electron chi connectivity index (χ2n) is 19.0. The van der Waals surface area contributed by atoms with Gasteiger partial charge in [-0.25, -0.2) is 0 Å². The van der Waals surface area contributed by atoms with E-state index in [1.165, 1.54) is 225 Å². The minimum Gasteiger partial charge on any atom is -0.462 e. The summed E-state index contributed by atoms with van der Waals surface area (Å²) < 4.78 is 5.95. The molecular formula is C54H107NO5. The maximum Gasteiger partial charge on any atom is 0.306 e. The Kier molecular flexibility index (Phi) is 48.0. The fourth-order valence-corrected chi connectivity index (χ4v) is 8.79. The van der Waals surface area contributed by atoms with Crippen molar-refractivity contribution in [3.05, 3.63) is 0 Å². The highest BCUT2D eigenvalue weighted by Crippen LogP contribution is 2.19. The number of esters is 1. The first-order valence-electron chi connectivity index (χ1n) is 27.3. The molecule has 3 unspecified atom stereocenters. The van der Waals surface area contributed by atoms with Crippen LogP contribution in [0.25, 0.3) is 0 Å². The van der Waals surface area contributed by atoms with Gasteiger partial charge in [-0.15, -0.1) is 0 Å². The molecule has 3 atom stereocenters. The fraction of sp³-hybridized carbons (Fsp3) is 0.963.